The smallest absolute Gasteiger partial charge is 0.0648 e. The van der Waals surface area contributed by atoms with Gasteiger partial charge in [-0.15, -0.1) is 0 Å². The van der Waals surface area contributed by atoms with E-state index in [4.69, 9.17) is 4.74 Å². The largest absolute Gasteiger partial charge is 0.395 e. The second kappa shape index (κ2) is 6.15. The van der Waals surface area contributed by atoms with E-state index in [-0.39, 0.29) is 13.2 Å². The highest BCUT2D eigenvalue weighted by Crippen LogP contribution is 2.30. The minimum atomic E-state index is -0.699. The molecule has 1 fully saturated rings. The predicted molar refractivity (Wildman–Crippen MR) is 73.5 cm³/mol. The third-order valence-corrected chi connectivity index (χ3v) is 4.02. The number of benzene rings is 1. The highest BCUT2D eigenvalue weighted by molar-refractivity contribution is 9.10. The van der Waals surface area contributed by atoms with Crippen LogP contribution in [0.25, 0.3) is 0 Å². The normalized spacial score (nSPS) is 15.9. The molecule has 0 amide bonds. The molecule has 18 heavy (non-hydrogen) atoms. The van der Waals surface area contributed by atoms with Gasteiger partial charge in [0.2, 0.25) is 0 Å². The third kappa shape index (κ3) is 3.32. The van der Waals surface area contributed by atoms with Gasteiger partial charge in [-0.2, -0.15) is 0 Å². The van der Waals surface area contributed by atoms with E-state index in [0.717, 1.165) is 16.6 Å². The van der Waals surface area contributed by atoms with Crippen LogP contribution in [-0.2, 0) is 10.2 Å². The highest BCUT2D eigenvalue weighted by Gasteiger charge is 2.32. The van der Waals surface area contributed by atoms with Crippen molar-refractivity contribution in [3.8, 4) is 0 Å². The maximum atomic E-state index is 9.63. The van der Waals surface area contributed by atoms with Gasteiger partial charge in [0.15, 0.2) is 0 Å². The van der Waals surface area contributed by atoms with Crippen molar-refractivity contribution in [1.82, 2.24) is 0 Å². The molecule has 0 bridgehead atoms. The van der Waals surface area contributed by atoms with Crippen LogP contribution in [0.3, 0.4) is 0 Å². The highest BCUT2D eigenvalue weighted by atomic mass is 79.9. The Bertz CT molecular complexity index is 369. The molecule has 1 aromatic carbocycles. The second-order valence-electron chi connectivity index (χ2n) is 5.06. The van der Waals surface area contributed by atoms with Gasteiger partial charge in [0.1, 0.15) is 0 Å². The Morgan fingerprint density at radius 1 is 1.17 bits per heavy atom. The monoisotopic (exact) mass is 314 g/mol. The summed E-state index contributed by atoms with van der Waals surface area (Å²) in [5.74, 6) is 0.685. The summed E-state index contributed by atoms with van der Waals surface area (Å²) in [7, 11) is 0. The van der Waals surface area contributed by atoms with Crippen LogP contribution < -0.4 is 0 Å². The number of hydrogen-bond acceptors (Lipinski definition) is 3. The third-order valence-electron chi connectivity index (χ3n) is 3.49. The van der Waals surface area contributed by atoms with Crippen molar-refractivity contribution in [1.29, 1.82) is 0 Å². The van der Waals surface area contributed by atoms with Gasteiger partial charge in [0.25, 0.3) is 0 Å². The molecule has 1 saturated carbocycles. The second-order valence-corrected chi connectivity index (χ2v) is 5.98. The summed E-state index contributed by atoms with van der Waals surface area (Å²) in [6.07, 6.45) is 2.48. The molecule has 0 saturated heterocycles. The van der Waals surface area contributed by atoms with Gasteiger partial charge in [0, 0.05) is 11.1 Å². The first kappa shape index (κ1) is 14.0. The molecule has 0 heterocycles. The number of halogens is 1. The summed E-state index contributed by atoms with van der Waals surface area (Å²) in [5.41, 5.74) is 0.210. The van der Waals surface area contributed by atoms with Crippen molar-refractivity contribution >= 4 is 15.9 Å². The summed E-state index contributed by atoms with van der Waals surface area (Å²) < 4.78 is 6.64. The number of rotatable bonds is 7. The van der Waals surface area contributed by atoms with Gasteiger partial charge in [0.05, 0.1) is 25.2 Å². The first-order chi connectivity index (χ1) is 8.70. The summed E-state index contributed by atoms with van der Waals surface area (Å²) >= 11 is 3.38. The number of hydrogen-bond donors (Lipinski definition) is 2. The molecular weight excluding hydrogens is 296 g/mol. The summed E-state index contributed by atoms with van der Waals surface area (Å²) in [5, 5.41) is 19.3. The molecule has 0 radical (unpaired) electrons. The zero-order valence-electron chi connectivity index (χ0n) is 10.3. The molecule has 0 aromatic heterocycles. The SMILES string of the molecule is OCC(CO)(COCC1CC1)c1ccc(Br)cc1. The Labute approximate surface area is 116 Å². The van der Waals surface area contributed by atoms with Crippen molar-refractivity contribution in [3.63, 3.8) is 0 Å². The molecule has 1 aromatic rings. The number of ether oxygens (including phenoxy) is 1. The van der Waals surface area contributed by atoms with Crippen LogP contribution >= 0.6 is 15.9 Å². The van der Waals surface area contributed by atoms with E-state index in [0.29, 0.717) is 12.5 Å². The minimum absolute atomic E-state index is 0.115. The summed E-state index contributed by atoms with van der Waals surface area (Å²) in [4.78, 5) is 0. The molecule has 0 atom stereocenters. The standard InChI is InChI=1S/C14H19BrO3/c15-13-5-3-12(4-6-13)14(8-16,9-17)10-18-7-11-1-2-11/h3-6,11,16-17H,1-2,7-10H2. The van der Waals surface area contributed by atoms with Crippen LogP contribution in [0, 0.1) is 5.92 Å². The van der Waals surface area contributed by atoms with Gasteiger partial charge in [-0.05, 0) is 36.5 Å². The molecule has 0 spiro atoms. The zero-order valence-corrected chi connectivity index (χ0v) is 11.9. The lowest BCUT2D eigenvalue weighted by Crippen LogP contribution is -2.40. The molecule has 2 N–H and O–H groups in total. The van der Waals surface area contributed by atoms with Crippen molar-refractivity contribution in [2.24, 2.45) is 5.92 Å². The Morgan fingerprint density at radius 2 is 1.78 bits per heavy atom. The van der Waals surface area contributed by atoms with E-state index in [9.17, 15) is 10.2 Å². The summed E-state index contributed by atoms with van der Waals surface area (Å²) in [6.45, 7) is 0.863. The van der Waals surface area contributed by atoms with Crippen LogP contribution in [0.2, 0.25) is 0 Å². The maximum absolute atomic E-state index is 9.63. The van der Waals surface area contributed by atoms with Gasteiger partial charge in [-0.3, -0.25) is 0 Å². The van der Waals surface area contributed by atoms with Crippen LogP contribution in [0.4, 0.5) is 0 Å². The van der Waals surface area contributed by atoms with E-state index < -0.39 is 5.41 Å². The fraction of sp³-hybridized carbons (Fsp3) is 0.571. The Hall–Kier alpha value is -0.420. The number of aliphatic hydroxyl groups is 2. The molecule has 0 aliphatic heterocycles. The van der Waals surface area contributed by atoms with E-state index in [1.54, 1.807) is 0 Å². The zero-order chi connectivity index (χ0) is 13.0. The predicted octanol–water partition coefficient (Wildman–Crippen LogP) is 2.10. The van der Waals surface area contributed by atoms with E-state index in [1.165, 1.54) is 12.8 Å². The lowest BCUT2D eigenvalue weighted by atomic mass is 9.83. The van der Waals surface area contributed by atoms with Gasteiger partial charge < -0.3 is 14.9 Å². The fourth-order valence-corrected chi connectivity index (χ4v) is 2.18. The molecule has 0 unspecified atom stereocenters. The fourth-order valence-electron chi connectivity index (χ4n) is 1.92. The van der Waals surface area contributed by atoms with Crippen molar-refractivity contribution in [3.05, 3.63) is 34.3 Å². The Morgan fingerprint density at radius 3 is 2.28 bits per heavy atom. The van der Waals surface area contributed by atoms with Crippen LogP contribution in [-0.4, -0.2) is 36.6 Å². The molecule has 1 aliphatic rings. The molecule has 2 rings (SSSR count). The van der Waals surface area contributed by atoms with E-state index in [2.05, 4.69) is 15.9 Å². The Kier molecular flexibility index (Phi) is 4.78. The quantitative estimate of drug-likeness (QED) is 0.810. The molecule has 1 aliphatic carbocycles. The lowest BCUT2D eigenvalue weighted by molar-refractivity contribution is 0.0164. The maximum Gasteiger partial charge on any atom is 0.0648 e. The Balaban J connectivity index is 2.05. The van der Waals surface area contributed by atoms with E-state index >= 15 is 0 Å². The average Bonchev–Trinajstić information content (AvgIpc) is 3.20. The first-order valence-corrected chi connectivity index (χ1v) is 7.05. The minimum Gasteiger partial charge on any atom is -0.395 e. The summed E-state index contributed by atoms with van der Waals surface area (Å²) in [6, 6.07) is 7.65. The molecule has 3 nitrogen and oxygen atoms in total. The van der Waals surface area contributed by atoms with E-state index in [1.807, 2.05) is 24.3 Å². The van der Waals surface area contributed by atoms with Crippen LogP contribution in [0.1, 0.15) is 18.4 Å². The molecule has 100 valence electrons. The topological polar surface area (TPSA) is 49.7 Å². The van der Waals surface area contributed by atoms with Gasteiger partial charge in [-0.1, -0.05) is 28.1 Å². The van der Waals surface area contributed by atoms with Gasteiger partial charge in [-0.25, -0.2) is 0 Å². The molecular formula is C14H19BrO3. The van der Waals surface area contributed by atoms with Gasteiger partial charge >= 0.3 is 0 Å². The molecule has 4 heteroatoms. The average molecular weight is 315 g/mol. The van der Waals surface area contributed by atoms with Crippen molar-refractivity contribution in [2.45, 2.75) is 18.3 Å². The lowest BCUT2D eigenvalue weighted by Gasteiger charge is -2.30. The number of aliphatic hydroxyl groups excluding tert-OH is 2. The van der Waals surface area contributed by atoms with Crippen LogP contribution in [0.5, 0.6) is 0 Å². The van der Waals surface area contributed by atoms with Crippen molar-refractivity contribution in [2.75, 3.05) is 26.4 Å². The van der Waals surface area contributed by atoms with Crippen molar-refractivity contribution < 1.29 is 14.9 Å². The van der Waals surface area contributed by atoms with Crippen LogP contribution in [0.15, 0.2) is 28.7 Å². The first-order valence-electron chi connectivity index (χ1n) is 6.26.